The van der Waals surface area contributed by atoms with Gasteiger partial charge in [-0.1, -0.05) is 0 Å². The first kappa shape index (κ1) is 9.44. The van der Waals surface area contributed by atoms with Gasteiger partial charge >= 0.3 is 0 Å². The Balaban J connectivity index is 3.60. The first-order valence-corrected chi connectivity index (χ1v) is 4.63. The predicted molar refractivity (Wildman–Crippen MR) is 61.9 cm³/mol. The molecule has 1 aromatic rings. The van der Waals surface area contributed by atoms with E-state index in [2.05, 4.69) is 22.6 Å². The maximum absolute atomic E-state index is 5.74. The first-order valence-electron chi connectivity index (χ1n) is 3.56. The minimum atomic E-state index is 0.505. The molecule has 1 aromatic carbocycles. The van der Waals surface area contributed by atoms with Crippen LogP contribution in [0.2, 0.25) is 0 Å². The van der Waals surface area contributed by atoms with Gasteiger partial charge in [0.05, 0.1) is 17.1 Å². The summed E-state index contributed by atoms with van der Waals surface area (Å²) in [6.45, 7) is 3.89. The third-order valence-electron chi connectivity index (χ3n) is 2.05. The van der Waals surface area contributed by atoms with Crippen LogP contribution in [0.5, 0.6) is 0 Å². The zero-order chi connectivity index (χ0) is 9.46. The summed E-state index contributed by atoms with van der Waals surface area (Å²) in [5.41, 5.74) is 20.9. The van der Waals surface area contributed by atoms with Crippen LogP contribution in [0, 0.1) is 17.4 Å². The lowest BCUT2D eigenvalue weighted by atomic mass is 10.1. The summed E-state index contributed by atoms with van der Waals surface area (Å²) in [6.07, 6.45) is 0. The van der Waals surface area contributed by atoms with Crippen LogP contribution in [0.4, 0.5) is 17.1 Å². The second-order valence-electron chi connectivity index (χ2n) is 2.81. The van der Waals surface area contributed by atoms with E-state index in [-0.39, 0.29) is 0 Å². The minimum Gasteiger partial charge on any atom is -0.397 e. The summed E-state index contributed by atoms with van der Waals surface area (Å²) in [5, 5.41) is 0. The molecule has 0 heterocycles. The van der Waals surface area contributed by atoms with Crippen molar-refractivity contribution in [1.29, 1.82) is 0 Å². The van der Waals surface area contributed by atoms with Crippen LogP contribution in [-0.4, -0.2) is 0 Å². The van der Waals surface area contributed by atoms with Crippen LogP contribution < -0.4 is 17.2 Å². The Morgan fingerprint density at radius 2 is 1.17 bits per heavy atom. The van der Waals surface area contributed by atoms with Gasteiger partial charge in [-0.3, -0.25) is 0 Å². The molecule has 66 valence electrons. The molecule has 4 heteroatoms. The van der Waals surface area contributed by atoms with Crippen molar-refractivity contribution >= 4 is 39.7 Å². The third-order valence-corrected chi connectivity index (χ3v) is 3.66. The average molecular weight is 277 g/mol. The van der Waals surface area contributed by atoms with Crippen molar-refractivity contribution in [1.82, 2.24) is 0 Å². The topological polar surface area (TPSA) is 78.1 Å². The van der Waals surface area contributed by atoms with Crippen molar-refractivity contribution in [3.05, 3.63) is 14.7 Å². The molecule has 1 rings (SSSR count). The lowest BCUT2D eigenvalue weighted by Crippen LogP contribution is -2.06. The molecule has 3 nitrogen and oxygen atoms in total. The molecule has 0 aromatic heterocycles. The van der Waals surface area contributed by atoms with Gasteiger partial charge < -0.3 is 17.2 Å². The highest BCUT2D eigenvalue weighted by Crippen LogP contribution is 2.33. The zero-order valence-corrected chi connectivity index (χ0v) is 9.27. The van der Waals surface area contributed by atoms with Crippen molar-refractivity contribution in [2.45, 2.75) is 13.8 Å². The summed E-state index contributed by atoms with van der Waals surface area (Å²) >= 11 is 2.22. The van der Waals surface area contributed by atoms with Gasteiger partial charge in [-0.15, -0.1) is 0 Å². The number of hydrogen-bond acceptors (Lipinski definition) is 3. The zero-order valence-electron chi connectivity index (χ0n) is 7.11. The van der Waals surface area contributed by atoms with E-state index in [1.54, 1.807) is 0 Å². The monoisotopic (exact) mass is 277 g/mol. The quantitative estimate of drug-likeness (QED) is 0.498. The average Bonchev–Trinajstić information content (AvgIpc) is 2.08. The maximum atomic E-state index is 5.74. The molecule has 0 fully saturated rings. The molecule has 0 aliphatic heterocycles. The standard InChI is InChI=1S/C8H12IN3/c1-3-5(9)4(2)7(11)8(12)6(3)10/h10-12H2,1-2H3. The van der Waals surface area contributed by atoms with E-state index in [0.717, 1.165) is 14.7 Å². The molecular formula is C8H12IN3. The Morgan fingerprint density at radius 1 is 0.833 bits per heavy atom. The van der Waals surface area contributed by atoms with Crippen molar-refractivity contribution in [2.75, 3.05) is 17.2 Å². The fourth-order valence-electron chi connectivity index (χ4n) is 1.07. The molecule has 0 saturated heterocycles. The van der Waals surface area contributed by atoms with Gasteiger partial charge in [0.1, 0.15) is 0 Å². The molecular weight excluding hydrogens is 265 g/mol. The summed E-state index contributed by atoms with van der Waals surface area (Å²) in [5.74, 6) is 0. The Morgan fingerprint density at radius 3 is 1.50 bits per heavy atom. The van der Waals surface area contributed by atoms with Gasteiger partial charge in [0, 0.05) is 3.57 Å². The van der Waals surface area contributed by atoms with Gasteiger partial charge in [0.15, 0.2) is 0 Å². The predicted octanol–water partition coefficient (Wildman–Crippen LogP) is 1.65. The number of hydrogen-bond donors (Lipinski definition) is 3. The SMILES string of the molecule is Cc1c(N)c(N)c(N)c(C)c1I. The molecule has 0 spiro atoms. The Bertz CT molecular complexity index is 229. The second kappa shape index (κ2) is 3.01. The number of benzene rings is 1. The van der Waals surface area contributed by atoms with E-state index in [1.807, 2.05) is 13.8 Å². The largest absolute Gasteiger partial charge is 0.397 e. The molecule has 0 saturated carbocycles. The highest BCUT2D eigenvalue weighted by atomic mass is 127. The van der Waals surface area contributed by atoms with Gasteiger partial charge in [-0.25, -0.2) is 0 Å². The summed E-state index contributed by atoms with van der Waals surface area (Å²) in [6, 6.07) is 0. The molecule has 12 heavy (non-hydrogen) atoms. The summed E-state index contributed by atoms with van der Waals surface area (Å²) in [7, 11) is 0. The normalized spacial score (nSPS) is 10.2. The van der Waals surface area contributed by atoms with E-state index in [1.165, 1.54) is 0 Å². The Labute approximate surface area is 85.4 Å². The number of rotatable bonds is 0. The lowest BCUT2D eigenvalue weighted by Gasteiger charge is -2.13. The van der Waals surface area contributed by atoms with Crippen molar-refractivity contribution in [3.63, 3.8) is 0 Å². The number of halogens is 1. The first-order chi connectivity index (χ1) is 5.46. The fourth-order valence-corrected chi connectivity index (χ4v) is 1.65. The van der Waals surface area contributed by atoms with Crippen LogP contribution >= 0.6 is 22.6 Å². The molecule has 0 aliphatic rings. The van der Waals surface area contributed by atoms with Crippen LogP contribution in [0.3, 0.4) is 0 Å². The Hall–Kier alpha value is -0.650. The van der Waals surface area contributed by atoms with Crippen molar-refractivity contribution < 1.29 is 0 Å². The van der Waals surface area contributed by atoms with Crippen LogP contribution in [0.25, 0.3) is 0 Å². The van der Waals surface area contributed by atoms with E-state index < -0.39 is 0 Å². The number of nitrogen functional groups attached to an aromatic ring is 3. The van der Waals surface area contributed by atoms with Gasteiger partial charge in [-0.2, -0.15) is 0 Å². The lowest BCUT2D eigenvalue weighted by molar-refractivity contribution is 1.35. The van der Waals surface area contributed by atoms with E-state index in [9.17, 15) is 0 Å². The van der Waals surface area contributed by atoms with Crippen LogP contribution in [-0.2, 0) is 0 Å². The molecule has 0 amide bonds. The van der Waals surface area contributed by atoms with Crippen molar-refractivity contribution in [3.8, 4) is 0 Å². The minimum absolute atomic E-state index is 0.505. The Kier molecular flexibility index (Phi) is 2.36. The van der Waals surface area contributed by atoms with Crippen molar-refractivity contribution in [2.24, 2.45) is 0 Å². The summed E-state index contributed by atoms with van der Waals surface area (Å²) < 4.78 is 1.09. The number of anilines is 3. The molecule has 0 bridgehead atoms. The highest BCUT2D eigenvalue weighted by Gasteiger charge is 2.11. The van der Waals surface area contributed by atoms with Gasteiger partial charge in [-0.05, 0) is 47.6 Å². The van der Waals surface area contributed by atoms with E-state index in [4.69, 9.17) is 17.2 Å². The van der Waals surface area contributed by atoms with Gasteiger partial charge in [0.2, 0.25) is 0 Å². The fraction of sp³-hybridized carbons (Fsp3) is 0.250. The van der Waals surface area contributed by atoms with Crippen LogP contribution in [0.15, 0.2) is 0 Å². The van der Waals surface area contributed by atoms with Gasteiger partial charge in [0.25, 0.3) is 0 Å². The maximum Gasteiger partial charge on any atom is 0.0787 e. The van der Waals surface area contributed by atoms with E-state index in [0.29, 0.717) is 17.1 Å². The molecule has 6 N–H and O–H groups in total. The van der Waals surface area contributed by atoms with Crippen LogP contribution in [0.1, 0.15) is 11.1 Å². The van der Waals surface area contributed by atoms with E-state index >= 15 is 0 Å². The summed E-state index contributed by atoms with van der Waals surface area (Å²) in [4.78, 5) is 0. The molecule has 0 unspecified atom stereocenters. The molecule has 0 radical (unpaired) electrons. The third kappa shape index (κ3) is 1.20. The molecule has 0 atom stereocenters. The second-order valence-corrected chi connectivity index (χ2v) is 3.88. The smallest absolute Gasteiger partial charge is 0.0787 e. The number of nitrogens with two attached hydrogens (primary N) is 3. The highest BCUT2D eigenvalue weighted by molar-refractivity contribution is 14.1. The molecule has 0 aliphatic carbocycles.